The molecule has 4 aromatic rings. The molecule has 8 nitrogen and oxygen atoms in total. The average molecular weight is 633 g/mol. The largest absolute Gasteiger partial charge is 0.372 e. The zero-order chi connectivity index (χ0) is 30.2. The number of hydrogen-bond donors (Lipinski definition) is 1. The lowest BCUT2D eigenvalue weighted by Crippen LogP contribution is -2.33. The lowest BCUT2D eigenvalue weighted by atomic mass is 9.83. The number of nitrogens with one attached hydrogen (secondary N) is 1. The molecule has 2 aliphatic heterocycles. The molecule has 6 rings (SSSR count). The Morgan fingerprint density at radius 3 is 2.23 bits per heavy atom. The fraction of sp³-hybridized carbons (Fsp3) is 0.250. The van der Waals surface area contributed by atoms with Crippen LogP contribution in [-0.2, 0) is 20.9 Å². The lowest BCUT2D eigenvalue weighted by Gasteiger charge is -2.31. The van der Waals surface area contributed by atoms with Crippen molar-refractivity contribution in [3.05, 3.63) is 104 Å². The number of fused-ring (bicyclic) bond motifs is 2. The molecule has 1 fully saturated rings. The van der Waals surface area contributed by atoms with Crippen LogP contribution < -0.4 is 20.0 Å². The van der Waals surface area contributed by atoms with Crippen LogP contribution in [0.2, 0.25) is 5.02 Å². The second-order valence-corrected chi connectivity index (χ2v) is 12.9. The first-order valence-electron chi connectivity index (χ1n) is 14.0. The fourth-order valence-corrected chi connectivity index (χ4v) is 8.71. The van der Waals surface area contributed by atoms with Gasteiger partial charge in [-0.3, -0.25) is 23.7 Å². The molecule has 43 heavy (non-hydrogen) atoms. The second-order valence-electron chi connectivity index (χ2n) is 10.3. The number of carbonyl (C=O) groups is 3. The highest BCUT2D eigenvalue weighted by atomic mass is 35.5. The van der Waals surface area contributed by atoms with Crippen molar-refractivity contribution in [3.8, 4) is 0 Å². The number of para-hydroxylation sites is 1. The van der Waals surface area contributed by atoms with Crippen molar-refractivity contribution in [2.45, 2.75) is 36.6 Å². The van der Waals surface area contributed by atoms with Crippen molar-refractivity contribution in [2.24, 2.45) is 5.92 Å². The van der Waals surface area contributed by atoms with Crippen LogP contribution in [0.1, 0.15) is 30.2 Å². The van der Waals surface area contributed by atoms with Gasteiger partial charge in [-0.2, -0.15) is 0 Å². The summed E-state index contributed by atoms with van der Waals surface area (Å²) in [5.74, 6) is -2.27. The van der Waals surface area contributed by atoms with E-state index in [1.54, 1.807) is 36.4 Å². The molecular weight excluding hydrogens is 604 g/mol. The standard InChI is InChI=1S/C32H29ClN4O4S2/c1-3-35(4-2)22-14-10-19(11-15-22)25-26-27(30(40)37(29(26)39)23-16-12-20(33)13-17-23)42-31-28(25)43-32(41)36(31)18-24(38)34-21-8-6-5-7-9-21/h5-17,25-27H,3-4,18H2,1-2H3,(H,34,38)/t25-,26-,27+/m0/s1. The Morgan fingerprint density at radius 2 is 1.58 bits per heavy atom. The van der Waals surface area contributed by atoms with E-state index in [1.807, 2.05) is 42.5 Å². The number of thioether (sulfide) groups is 1. The van der Waals surface area contributed by atoms with Crippen LogP contribution in [0.3, 0.4) is 0 Å². The van der Waals surface area contributed by atoms with Gasteiger partial charge in [0, 0.05) is 40.3 Å². The minimum atomic E-state index is -0.763. The summed E-state index contributed by atoms with van der Waals surface area (Å²) in [4.78, 5) is 58.2. The van der Waals surface area contributed by atoms with E-state index in [-0.39, 0.29) is 29.1 Å². The normalized spacial score (nSPS) is 19.2. The second kappa shape index (κ2) is 12.0. The van der Waals surface area contributed by atoms with Crippen LogP contribution in [0.5, 0.6) is 0 Å². The van der Waals surface area contributed by atoms with Crippen LogP contribution in [0.4, 0.5) is 17.1 Å². The van der Waals surface area contributed by atoms with Gasteiger partial charge in [0.15, 0.2) is 0 Å². The highest BCUT2D eigenvalue weighted by Crippen LogP contribution is 2.54. The van der Waals surface area contributed by atoms with Gasteiger partial charge in [0.2, 0.25) is 17.7 Å². The molecule has 1 aromatic heterocycles. The Balaban J connectivity index is 1.42. The molecule has 11 heteroatoms. The number of rotatable bonds is 8. The molecule has 0 radical (unpaired) electrons. The Morgan fingerprint density at radius 1 is 0.907 bits per heavy atom. The molecule has 2 aliphatic rings. The highest BCUT2D eigenvalue weighted by molar-refractivity contribution is 8.00. The van der Waals surface area contributed by atoms with Crippen molar-refractivity contribution in [1.82, 2.24) is 4.57 Å². The molecule has 3 aromatic carbocycles. The number of nitrogens with zero attached hydrogens (tertiary/aromatic N) is 3. The molecule has 220 valence electrons. The topological polar surface area (TPSA) is 91.7 Å². The maximum atomic E-state index is 14.1. The van der Waals surface area contributed by atoms with E-state index in [9.17, 15) is 19.2 Å². The van der Waals surface area contributed by atoms with Gasteiger partial charge in [-0.05, 0) is 67.9 Å². The zero-order valence-corrected chi connectivity index (χ0v) is 25.9. The van der Waals surface area contributed by atoms with Gasteiger partial charge in [-0.15, -0.1) is 0 Å². The first-order chi connectivity index (χ1) is 20.8. The molecule has 3 amide bonds. The molecule has 3 heterocycles. The lowest BCUT2D eigenvalue weighted by molar-refractivity contribution is -0.122. The summed E-state index contributed by atoms with van der Waals surface area (Å²) in [7, 11) is 0. The van der Waals surface area contributed by atoms with Crippen molar-refractivity contribution in [1.29, 1.82) is 0 Å². The van der Waals surface area contributed by atoms with E-state index < -0.39 is 17.1 Å². The van der Waals surface area contributed by atoms with Gasteiger partial charge < -0.3 is 10.2 Å². The third-order valence-corrected chi connectivity index (χ3v) is 10.7. The molecular formula is C32H29ClN4O4S2. The molecule has 1 saturated heterocycles. The number of benzene rings is 3. The van der Waals surface area contributed by atoms with Gasteiger partial charge in [0.25, 0.3) is 0 Å². The number of imide groups is 1. The van der Waals surface area contributed by atoms with Crippen LogP contribution in [0, 0.1) is 5.92 Å². The van der Waals surface area contributed by atoms with Gasteiger partial charge in [0.1, 0.15) is 11.8 Å². The zero-order valence-electron chi connectivity index (χ0n) is 23.5. The minimum Gasteiger partial charge on any atom is -0.372 e. The Kier molecular flexibility index (Phi) is 8.17. The number of amides is 3. The number of anilines is 3. The number of aromatic nitrogens is 1. The van der Waals surface area contributed by atoms with E-state index in [2.05, 4.69) is 24.1 Å². The molecule has 1 N–H and O–H groups in total. The predicted octanol–water partition coefficient (Wildman–Crippen LogP) is 5.84. The molecule has 3 atom stereocenters. The SMILES string of the molecule is CCN(CC)c1ccc([C@@H]2c3sc(=O)n(CC(=O)Nc4ccccc4)c3S[C@H]3C(=O)N(c4ccc(Cl)cc4)C(=O)[C@@H]23)cc1. The van der Waals surface area contributed by atoms with Gasteiger partial charge in [-0.1, -0.05) is 65.0 Å². The Hall–Kier alpha value is -3.86. The van der Waals surface area contributed by atoms with E-state index in [4.69, 9.17) is 11.6 Å². The third kappa shape index (κ3) is 5.39. The average Bonchev–Trinajstić information content (AvgIpc) is 3.45. The van der Waals surface area contributed by atoms with Crippen LogP contribution in [-0.4, -0.2) is 40.6 Å². The van der Waals surface area contributed by atoms with Crippen LogP contribution in [0.15, 0.2) is 88.7 Å². The highest BCUT2D eigenvalue weighted by Gasteiger charge is 2.56. The Bertz CT molecular complexity index is 1730. The number of halogens is 1. The van der Waals surface area contributed by atoms with E-state index in [1.165, 1.54) is 21.2 Å². The quantitative estimate of drug-likeness (QED) is 0.245. The molecule has 0 saturated carbocycles. The van der Waals surface area contributed by atoms with Crippen molar-refractivity contribution in [3.63, 3.8) is 0 Å². The maximum absolute atomic E-state index is 14.1. The Labute approximate surface area is 262 Å². The molecule has 0 spiro atoms. The summed E-state index contributed by atoms with van der Waals surface area (Å²) in [6.45, 7) is 5.68. The molecule has 0 bridgehead atoms. The van der Waals surface area contributed by atoms with E-state index in [0.717, 1.165) is 35.7 Å². The predicted molar refractivity (Wildman–Crippen MR) is 173 cm³/mol. The first kappa shape index (κ1) is 29.2. The molecule has 0 aliphatic carbocycles. The minimum absolute atomic E-state index is 0.208. The fourth-order valence-electron chi connectivity index (χ4n) is 5.81. The van der Waals surface area contributed by atoms with Gasteiger partial charge >= 0.3 is 4.87 Å². The summed E-state index contributed by atoms with van der Waals surface area (Å²) in [6.07, 6.45) is 0. The van der Waals surface area contributed by atoms with Crippen LogP contribution >= 0.6 is 34.7 Å². The van der Waals surface area contributed by atoms with Crippen LogP contribution in [0.25, 0.3) is 0 Å². The monoisotopic (exact) mass is 632 g/mol. The summed E-state index contributed by atoms with van der Waals surface area (Å²) < 4.78 is 1.43. The third-order valence-electron chi connectivity index (χ3n) is 7.87. The number of hydrogen-bond acceptors (Lipinski definition) is 7. The first-order valence-corrected chi connectivity index (χ1v) is 16.1. The maximum Gasteiger partial charge on any atom is 0.308 e. The summed E-state index contributed by atoms with van der Waals surface area (Å²) in [6, 6.07) is 23.6. The summed E-state index contributed by atoms with van der Waals surface area (Å²) >= 11 is 8.32. The molecule has 0 unspecified atom stereocenters. The number of thiazole rings is 1. The van der Waals surface area contributed by atoms with Crippen molar-refractivity contribution < 1.29 is 14.4 Å². The van der Waals surface area contributed by atoms with Crippen molar-refractivity contribution >= 4 is 69.5 Å². The van der Waals surface area contributed by atoms with E-state index >= 15 is 0 Å². The smallest absolute Gasteiger partial charge is 0.308 e. The van der Waals surface area contributed by atoms with Gasteiger partial charge in [0.05, 0.1) is 16.6 Å². The van der Waals surface area contributed by atoms with Crippen molar-refractivity contribution in [2.75, 3.05) is 28.2 Å². The van der Waals surface area contributed by atoms with Gasteiger partial charge in [-0.25, -0.2) is 4.90 Å². The summed E-state index contributed by atoms with van der Waals surface area (Å²) in [5, 5.41) is 3.12. The summed E-state index contributed by atoms with van der Waals surface area (Å²) in [5.41, 5.74) is 2.97. The van der Waals surface area contributed by atoms with E-state index in [0.29, 0.717) is 26.3 Å². The number of carbonyl (C=O) groups excluding carboxylic acids is 3.